The number of hydrogen-bond acceptors (Lipinski definition) is 4. The van der Waals surface area contributed by atoms with Gasteiger partial charge >= 0.3 is 6.01 Å². The first-order valence-corrected chi connectivity index (χ1v) is 6.19. The molecule has 2 rings (SSSR count). The Balaban J connectivity index is 2.23. The van der Waals surface area contributed by atoms with Crippen LogP contribution in [0, 0.1) is 19.8 Å². The number of carbonyl (C=O) groups excluding carboxylic acids is 1. The van der Waals surface area contributed by atoms with E-state index in [1.165, 1.54) is 5.56 Å². The Morgan fingerprint density at radius 2 is 2.00 bits per heavy atom. The average Bonchev–Trinajstić information content (AvgIpc) is 2.77. The molecule has 5 nitrogen and oxygen atoms in total. The first kappa shape index (κ1) is 13.3. The van der Waals surface area contributed by atoms with Crippen molar-refractivity contribution < 1.29 is 9.21 Å². The summed E-state index contributed by atoms with van der Waals surface area (Å²) in [6.07, 6.45) is 0. The van der Waals surface area contributed by atoms with Gasteiger partial charge in [-0.05, 0) is 25.5 Å². The van der Waals surface area contributed by atoms with Gasteiger partial charge in [0.05, 0.1) is 0 Å². The number of benzene rings is 1. The quantitative estimate of drug-likeness (QED) is 0.920. The molecular formula is C14H17N3O2. The third-order valence-corrected chi connectivity index (χ3v) is 2.79. The lowest BCUT2D eigenvalue weighted by atomic mass is 10.1. The molecule has 5 heteroatoms. The second-order valence-electron chi connectivity index (χ2n) is 4.87. The van der Waals surface area contributed by atoms with Crippen LogP contribution in [0.1, 0.15) is 25.0 Å². The smallest absolute Gasteiger partial charge is 0.322 e. The third kappa shape index (κ3) is 2.99. The van der Waals surface area contributed by atoms with Crippen LogP contribution in [0.4, 0.5) is 6.01 Å². The fourth-order valence-electron chi connectivity index (χ4n) is 1.69. The van der Waals surface area contributed by atoms with E-state index < -0.39 is 0 Å². The molecule has 19 heavy (non-hydrogen) atoms. The fraction of sp³-hybridized carbons (Fsp3) is 0.357. The lowest BCUT2D eigenvalue weighted by Crippen LogP contribution is -2.17. The van der Waals surface area contributed by atoms with Crippen molar-refractivity contribution in [2.75, 3.05) is 5.32 Å². The molecule has 1 aromatic heterocycles. The Morgan fingerprint density at radius 3 is 2.63 bits per heavy atom. The number of anilines is 1. The largest absolute Gasteiger partial charge is 0.403 e. The highest BCUT2D eigenvalue weighted by Gasteiger charge is 2.14. The van der Waals surface area contributed by atoms with Crippen molar-refractivity contribution in [3.05, 3.63) is 29.3 Å². The summed E-state index contributed by atoms with van der Waals surface area (Å²) in [7, 11) is 0. The summed E-state index contributed by atoms with van der Waals surface area (Å²) < 4.78 is 5.46. The molecule has 0 unspecified atom stereocenters. The van der Waals surface area contributed by atoms with E-state index in [0.29, 0.717) is 5.89 Å². The zero-order chi connectivity index (χ0) is 14.0. The Morgan fingerprint density at radius 1 is 1.26 bits per heavy atom. The Labute approximate surface area is 112 Å². The number of nitrogens with one attached hydrogen (secondary N) is 1. The molecule has 1 heterocycles. The highest BCUT2D eigenvalue weighted by Crippen LogP contribution is 2.24. The number of carbonyl (C=O) groups is 1. The number of aryl methyl sites for hydroxylation is 2. The maximum Gasteiger partial charge on any atom is 0.322 e. The zero-order valence-electron chi connectivity index (χ0n) is 11.5. The van der Waals surface area contributed by atoms with E-state index >= 15 is 0 Å². The topological polar surface area (TPSA) is 68.0 Å². The van der Waals surface area contributed by atoms with Gasteiger partial charge in [-0.2, -0.15) is 0 Å². The first-order valence-electron chi connectivity index (χ1n) is 6.19. The van der Waals surface area contributed by atoms with E-state index in [-0.39, 0.29) is 17.8 Å². The lowest BCUT2D eigenvalue weighted by Gasteiger charge is -2.03. The molecule has 0 atom stereocenters. The van der Waals surface area contributed by atoms with Gasteiger partial charge in [-0.25, -0.2) is 0 Å². The predicted molar refractivity (Wildman–Crippen MR) is 72.7 cm³/mol. The zero-order valence-corrected chi connectivity index (χ0v) is 11.5. The molecule has 0 saturated heterocycles. The van der Waals surface area contributed by atoms with Crippen molar-refractivity contribution in [3.8, 4) is 11.5 Å². The molecule has 0 fully saturated rings. The van der Waals surface area contributed by atoms with Crippen LogP contribution in [0.5, 0.6) is 0 Å². The van der Waals surface area contributed by atoms with Crippen LogP contribution in [0.3, 0.4) is 0 Å². The number of amides is 1. The van der Waals surface area contributed by atoms with Crippen molar-refractivity contribution in [2.45, 2.75) is 27.7 Å². The third-order valence-electron chi connectivity index (χ3n) is 2.79. The molecule has 2 aromatic rings. The molecule has 0 aliphatic rings. The second kappa shape index (κ2) is 5.22. The van der Waals surface area contributed by atoms with E-state index in [4.69, 9.17) is 4.42 Å². The van der Waals surface area contributed by atoms with Gasteiger partial charge in [0.15, 0.2) is 0 Å². The van der Waals surface area contributed by atoms with Gasteiger partial charge < -0.3 is 4.42 Å². The molecule has 0 aliphatic heterocycles. The fourth-order valence-corrected chi connectivity index (χ4v) is 1.69. The van der Waals surface area contributed by atoms with Gasteiger partial charge in [-0.1, -0.05) is 36.6 Å². The average molecular weight is 259 g/mol. The van der Waals surface area contributed by atoms with E-state index in [2.05, 4.69) is 15.5 Å². The van der Waals surface area contributed by atoms with E-state index in [1.807, 2.05) is 32.0 Å². The minimum Gasteiger partial charge on any atom is -0.403 e. The lowest BCUT2D eigenvalue weighted by molar-refractivity contribution is -0.119. The molecule has 1 aromatic carbocycles. The molecular weight excluding hydrogens is 242 g/mol. The first-order chi connectivity index (χ1) is 8.97. The number of hydrogen-bond donors (Lipinski definition) is 1. The molecule has 0 saturated carbocycles. The molecule has 1 amide bonds. The van der Waals surface area contributed by atoms with Crippen LogP contribution < -0.4 is 5.32 Å². The minimum absolute atomic E-state index is 0.128. The summed E-state index contributed by atoms with van der Waals surface area (Å²) in [5.41, 5.74) is 3.11. The molecule has 1 N–H and O–H groups in total. The molecule has 0 bridgehead atoms. The van der Waals surface area contributed by atoms with Crippen LogP contribution in [-0.4, -0.2) is 16.1 Å². The standard InChI is InChI=1S/C14H17N3O2/c1-8(2)12(18)15-14-17-16-13(19-14)11-6-5-9(3)7-10(11)4/h5-8H,1-4H3,(H,15,17,18). The molecule has 0 radical (unpaired) electrons. The SMILES string of the molecule is Cc1ccc(-c2nnc(NC(=O)C(C)C)o2)c(C)c1. The monoisotopic (exact) mass is 259 g/mol. The molecule has 0 spiro atoms. The Bertz CT molecular complexity index is 602. The molecule has 0 aliphatic carbocycles. The van der Waals surface area contributed by atoms with Gasteiger partial charge in [0.1, 0.15) is 0 Å². The summed E-state index contributed by atoms with van der Waals surface area (Å²) in [4.78, 5) is 11.5. The van der Waals surface area contributed by atoms with Crippen molar-refractivity contribution in [2.24, 2.45) is 5.92 Å². The highest BCUT2D eigenvalue weighted by atomic mass is 16.4. The Kier molecular flexibility index (Phi) is 3.64. The van der Waals surface area contributed by atoms with Crippen molar-refractivity contribution in [1.29, 1.82) is 0 Å². The van der Waals surface area contributed by atoms with Gasteiger partial charge in [0, 0.05) is 11.5 Å². The van der Waals surface area contributed by atoms with E-state index in [9.17, 15) is 4.79 Å². The van der Waals surface area contributed by atoms with Crippen LogP contribution >= 0.6 is 0 Å². The summed E-state index contributed by atoms with van der Waals surface area (Å²) >= 11 is 0. The van der Waals surface area contributed by atoms with Gasteiger partial charge in [0.2, 0.25) is 11.8 Å². The van der Waals surface area contributed by atoms with Crippen LogP contribution in [0.15, 0.2) is 22.6 Å². The van der Waals surface area contributed by atoms with Crippen molar-refractivity contribution >= 4 is 11.9 Å². The van der Waals surface area contributed by atoms with Crippen molar-refractivity contribution in [3.63, 3.8) is 0 Å². The molecule has 100 valence electrons. The summed E-state index contributed by atoms with van der Waals surface area (Å²) in [6.45, 7) is 7.62. The van der Waals surface area contributed by atoms with Gasteiger partial charge in [-0.15, -0.1) is 5.10 Å². The number of aromatic nitrogens is 2. The summed E-state index contributed by atoms with van der Waals surface area (Å²) in [5.74, 6) is 0.142. The van der Waals surface area contributed by atoms with E-state index in [0.717, 1.165) is 11.1 Å². The van der Waals surface area contributed by atoms with Crippen LogP contribution in [-0.2, 0) is 4.79 Å². The van der Waals surface area contributed by atoms with Crippen LogP contribution in [0.2, 0.25) is 0 Å². The number of rotatable bonds is 3. The normalized spacial score (nSPS) is 10.8. The number of nitrogens with zero attached hydrogens (tertiary/aromatic N) is 2. The minimum atomic E-state index is -0.143. The summed E-state index contributed by atoms with van der Waals surface area (Å²) in [6, 6.07) is 6.10. The van der Waals surface area contributed by atoms with Crippen LogP contribution in [0.25, 0.3) is 11.5 Å². The maximum absolute atomic E-state index is 11.5. The summed E-state index contributed by atoms with van der Waals surface area (Å²) in [5, 5.41) is 10.4. The van der Waals surface area contributed by atoms with Gasteiger partial charge in [0.25, 0.3) is 0 Å². The second-order valence-corrected chi connectivity index (χ2v) is 4.87. The van der Waals surface area contributed by atoms with Gasteiger partial charge in [-0.3, -0.25) is 10.1 Å². The highest BCUT2D eigenvalue weighted by molar-refractivity contribution is 5.90. The predicted octanol–water partition coefficient (Wildman–Crippen LogP) is 2.95. The Hall–Kier alpha value is -2.17. The van der Waals surface area contributed by atoms with E-state index in [1.54, 1.807) is 13.8 Å². The van der Waals surface area contributed by atoms with Crippen molar-refractivity contribution in [1.82, 2.24) is 10.2 Å². The maximum atomic E-state index is 11.5.